The molecule has 4 aromatic carbocycles. The van der Waals surface area contributed by atoms with Gasteiger partial charge >= 0.3 is 0 Å². The zero-order valence-corrected chi connectivity index (χ0v) is 23.2. The number of nitrogens with one attached hydrogen (secondary N) is 1. The highest BCUT2D eigenvalue weighted by Crippen LogP contribution is 2.34. The molecule has 5 rings (SSSR count). The highest BCUT2D eigenvalue weighted by Gasteiger charge is 2.16. The molecule has 0 atom stereocenters. The zero-order chi connectivity index (χ0) is 29.3. The third-order valence-electron chi connectivity index (χ3n) is 6.56. The monoisotopic (exact) mass is 559 g/mol. The SMILES string of the molecule is C=CCc1cc(/C=N/NC(=O)c2cc(-c3ccccc3)nc3ccccc23)cc(OCC)c1OCc1ccccc1F. The van der Waals surface area contributed by atoms with Crippen LogP contribution in [0.1, 0.15) is 34.0 Å². The number of rotatable bonds is 11. The minimum atomic E-state index is -0.358. The Labute approximate surface area is 244 Å². The van der Waals surface area contributed by atoms with Crippen molar-refractivity contribution in [2.24, 2.45) is 5.10 Å². The molecule has 5 aromatic rings. The van der Waals surface area contributed by atoms with Gasteiger partial charge in [-0.25, -0.2) is 14.8 Å². The third-order valence-corrected chi connectivity index (χ3v) is 6.56. The summed E-state index contributed by atoms with van der Waals surface area (Å²) in [6.45, 7) is 6.18. The summed E-state index contributed by atoms with van der Waals surface area (Å²) in [5, 5.41) is 4.98. The van der Waals surface area contributed by atoms with E-state index in [1.165, 1.54) is 6.07 Å². The van der Waals surface area contributed by atoms with E-state index in [1.54, 1.807) is 42.6 Å². The Kier molecular flexibility index (Phi) is 8.99. The Balaban J connectivity index is 1.41. The molecule has 0 bridgehead atoms. The molecule has 0 spiro atoms. The molecule has 0 radical (unpaired) electrons. The molecule has 0 saturated heterocycles. The Bertz CT molecular complexity index is 1750. The van der Waals surface area contributed by atoms with E-state index in [0.717, 1.165) is 22.0 Å². The smallest absolute Gasteiger partial charge is 0.272 e. The van der Waals surface area contributed by atoms with Crippen LogP contribution in [0.5, 0.6) is 11.5 Å². The number of amides is 1. The van der Waals surface area contributed by atoms with Crippen molar-refractivity contribution in [2.45, 2.75) is 20.0 Å². The number of fused-ring (bicyclic) bond motifs is 1. The summed E-state index contributed by atoms with van der Waals surface area (Å²) in [5.74, 6) is 0.313. The predicted molar refractivity (Wildman–Crippen MR) is 164 cm³/mol. The van der Waals surface area contributed by atoms with Crippen molar-refractivity contribution in [3.05, 3.63) is 138 Å². The van der Waals surface area contributed by atoms with Crippen molar-refractivity contribution in [3.63, 3.8) is 0 Å². The predicted octanol–water partition coefficient (Wildman–Crippen LogP) is 7.51. The van der Waals surface area contributed by atoms with Crippen LogP contribution in [0.15, 0.2) is 115 Å². The van der Waals surface area contributed by atoms with Crippen molar-refractivity contribution in [3.8, 4) is 22.8 Å². The van der Waals surface area contributed by atoms with Gasteiger partial charge in [0, 0.05) is 22.1 Å². The van der Waals surface area contributed by atoms with Crippen molar-refractivity contribution < 1.29 is 18.7 Å². The maximum Gasteiger partial charge on any atom is 0.272 e. The number of aromatic nitrogens is 1. The molecule has 0 unspecified atom stereocenters. The number of nitrogens with zero attached hydrogens (tertiary/aromatic N) is 2. The Morgan fingerprint density at radius 3 is 2.50 bits per heavy atom. The van der Waals surface area contributed by atoms with Gasteiger partial charge in [-0.05, 0) is 49.2 Å². The molecule has 0 aliphatic heterocycles. The lowest BCUT2D eigenvalue weighted by Crippen LogP contribution is -2.18. The van der Waals surface area contributed by atoms with E-state index in [0.29, 0.717) is 46.9 Å². The van der Waals surface area contributed by atoms with Crippen LogP contribution in [-0.2, 0) is 13.0 Å². The first kappa shape index (κ1) is 28.2. The molecule has 1 N–H and O–H groups in total. The van der Waals surface area contributed by atoms with Gasteiger partial charge in [-0.2, -0.15) is 5.10 Å². The Morgan fingerprint density at radius 1 is 0.952 bits per heavy atom. The van der Waals surface area contributed by atoms with Gasteiger partial charge in [0.2, 0.25) is 0 Å². The minimum absolute atomic E-state index is 0.0469. The van der Waals surface area contributed by atoms with Gasteiger partial charge in [0.15, 0.2) is 11.5 Å². The summed E-state index contributed by atoms with van der Waals surface area (Å²) in [6, 6.07) is 29.2. The van der Waals surface area contributed by atoms with Gasteiger partial charge in [-0.3, -0.25) is 4.79 Å². The minimum Gasteiger partial charge on any atom is -0.490 e. The summed E-state index contributed by atoms with van der Waals surface area (Å²) in [7, 11) is 0. The van der Waals surface area contributed by atoms with Crippen LogP contribution in [-0.4, -0.2) is 23.7 Å². The molecule has 0 aliphatic carbocycles. The van der Waals surface area contributed by atoms with Gasteiger partial charge in [-0.15, -0.1) is 6.58 Å². The van der Waals surface area contributed by atoms with Crippen LogP contribution < -0.4 is 14.9 Å². The number of hydrogen-bond donors (Lipinski definition) is 1. The van der Waals surface area contributed by atoms with E-state index in [-0.39, 0.29) is 18.3 Å². The number of benzene rings is 4. The highest BCUT2D eigenvalue weighted by atomic mass is 19.1. The van der Waals surface area contributed by atoms with Gasteiger partial charge in [0.1, 0.15) is 12.4 Å². The number of allylic oxidation sites excluding steroid dienone is 1. The third kappa shape index (κ3) is 6.53. The summed E-state index contributed by atoms with van der Waals surface area (Å²) in [6.07, 6.45) is 3.80. The topological polar surface area (TPSA) is 72.8 Å². The lowest BCUT2D eigenvalue weighted by Gasteiger charge is -2.17. The number of carbonyl (C=O) groups excluding carboxylic acids is 1. The quantitative estimate of drug-likeness (QED) is 0.103. The number of para-hydroxylation sites is 1. The van der Waals surface area contributed by atoms with Crippen LogP contribution in [0.25, 0.3) is 22.2 Å². The maximum atomic E-state index is 14.2. The Morgan fingerprint density at radius 2 is 1.71 bits per heavy atom. The molecule has 1 heterocycles. The summed E-state index contributed by atoms with van der Waals surface area (Å²) < 4.78 is 26.1. The zero-order valence-electron chi connectivity index (χ0n) is 23.2. The van der Waals surface area contributed by atoms with Gasteiger partial charge in [0.05, 0.1) is 29.6 Å². The van der Waals surface area contributed by atoms with E-state index in [2.05, 4.69) is 17.1 Å². The van der Waals surface area contributed by atoms with Crippen LogP contribution in [0, 0.1) is 5.82 Å². The first-order valence-corrected chi connectivity index (χ1v) is 13.6. The van der Waals surface area contributed by atoms with E-state index < -0.39 is 0 Å². The van der Waals surface area contributed by atoms with E-state index >= 15 is 0 Å². The number of hydrazone groups is 1. The molecule has 42 heavy (non-hydrogen) atoms. The van der Waals surface area contributed by atoms with E-state index in [4.69, 9.17) is 14.5 Å². The fourth-order valence-corrected chi connectivity index (χ4v) is 4.60. The second-order valence-corrected chi connectivity index (χ2v) is 9.45. The summed E-state index contributed by atoms with van der Waals surface area (Å²) in [5.41, 5.74) is 7.39. The lowest BCUT2D eigenvalue weighted by atomic mass is 10.0. The fraction of sp³-hybridized carbons (Fsp3) is 0.114. The molecule has 1 aromatic heterocycles. The first-order chi connectivity index (χ1) is 20.6. The highest BCUT2D eigenvalue weighted by molar-refractivity contribution is 6.07. The van der Waals surface area contributed by atoms with Gasteiger partial charge < -0.3 is 9.47 Å². The molecular weight excluding hydrogens is 529 g/mol. The first-order valence-electron chi connectivity index (χ1n) is 13.6. The molecule has 7 heteroatoms. The normalized spacial score (nSPS) is 11.0. The second-order valence-electron chi connectivity index (χ2n) is 9.45. The Hall–Kier alpha value is -5.30. The average molecular weight is 560 g/mol. The lowest BCUT2D eigenvalue weighted by molar-refractivity contribution is 0.0956. The molecular formula is C35H30FN3O3. The number of pyridine rings is 1. The van der Waals surface area contributed by atoms with Crippen LogP contribution in [0.3, 0.4) is 0 Å². The van der Waals surface area contributed by atoms with Crippen LogP contribution in [0.4, 0.5) is 4.39 Å². The number of hydrogen-bond acceptors (Lipinski definition) is 5. The summed E-state index contributed by atoms with van der Waals surface area (Å²) >= 11 is 0. The maximum absolute atomic E-state index is 14.2. The van der Waals surface area contributed by atoms with Crippen molar-refractivity contribution in [1.82, 2.24) is 10.4 Å². The van der Waals surface area contributed by atoms with Crippen LogP contribution >= 0.6 is 0 Å². The van der Waals surface area contributed by atoms with Crippen LogP contribution in [0.2, 0.25) is 0 Å². The summed E-state index contributed by atoms with van der Waals surface area (Å²) in [4.78, 5) is 18.1. The molecule has 1 amide bonds. The van der Waals surface area contributed by atoms with E-state index in [1.807, 2.05) is 67.6 Å². The van der Waals surface area contributed by atoms with Gasteiger partial charge in [-0.1, -0.05) is 72.8 Å². The van der Waals surface area contributed by atoms with Gasteiger partial charge in [0.25, 0.3) is 5.91 Å². The fourth-order valence-electron chi connectivity index (χ4n) is 4.60. The number of halogens is 1. The molecule has 6 nitrogen and oxygen atoms in total. The number of carbonyl (C=O) groups is 1. The molecule has 0 saturated carbocycles. The molecule has 0 fully saturated rings. The standard InChI is InChI=1S/C35H30FN3O3/c1-3-12-26-19-24(20-33(41-4-2)34(26)42-23-27-15-8-10-17-30(27)36)22-37-39-35(40)29-21-32(25-13-6-5-7-14-25)38-31-18-11-9-16-28(29)31/h3,5-11,13-22H,1,4,12,23H2,2H3,(H,39,40)/b37-22+. The average Bonchev–Trinajstić information content (AvgIpc) is 3.01. The second kappa shape index (κ2) is 13.4. The van der Waals surface area contributed by atoms with E-state index in [9.17, 15) is 9.18 Å². The number of ether oxygens (including phenoxy) is 2. The largest absolute Gasteiger partial charge is 0.490 e. The molecule has 0 aliphatic rings. The van der Waals surface area contributed by atoms with Crippen molar-refractivity contribution >= 4 is 23.0 Å². The molecule has 210 valence electrons. The van der Waals surface area contributed by atoms with Crippen molar-refractivity contribution in [1.29, 1.82) is 0 Å². The van der Waals surface area contributed by atoms with Crippen molar-refractivity contribution in [2.75, 3.05) is 6.61 Å².